The normalized spacial score (nSPS) is 18.3. The number of amides is 1. The fourth-order valence-electron chi connectivity index (χ4n) is 3.09. The second-order valence-electron chi connectivity index (χ2n) is 5.92. The Kier molecular flexibility index (Phi) is 6.84. The van der Waals surface area contributed by atoms with Gasteiger partial charge in [0.25, 0.3) is 0 Å². The second kappa shape index (κ2) is 8.64. The van der Waals surface area contributed by atoms with Crippen LogP contribution in [-0.2, 0) is 16.0 Å². The fourth-order valence-corrected chi connectivity index (χ4v) is 3.54. The predicted molar refractivity (Wildman–Crippen MR) is 92.8 cm³/mol. The lowest BCUT2D eigenvalue weighted by Gasteiger charge is -2.32. The van der Waals surface area contributed by atoms with E-state index < -0.39 is 0 Å². The molecule has 1 fully saturated rings. The summed E-state index contributed by atoms with van der Waals surface area (Å²) in [6.45, 7) is 8.30. The lowest BCUT2D eigenvalue weighted by Crippen LogP contribution is -2.43. The Labute approximate surface area is 143 Å². The van der Waals surface area contributed by atoms with E-state index in [2.05, 4.69) is 9.97 Å². The topological polar surface area (TPSA) is 55.3 Å². The van der Waals surface area contributed by atoms with Gasteiger partial charge in [-0.05, 0) is 51.9 Å². The van der Waals surface area contributed by atoms with E-state index in [-0.39, 0.29) is 12.0 Å². The van der Waals surface area contributed by atoms with Crippen molar-refractivity contribution >= 4 is 17.7 Å². The SMILES string of the molecule is CCOC1CCCN(C(=O)CCc2c(C)nc(SC)nc2C)C1. The van der Waals surface area contributed by atoms with Crippen molar-refractivity contribution in [1.29, 1.82) is 0 Å². The number of hydrogen-bond acceptors (Lipinski definition) is 5. The minimum absolute atomic E-state index is 0.199. The van der Waals surface area contributed by atoms with Gasteiger partial charge in [-0.25, -0.2) is 9.97 Å². The van der Waals surface area contributed by atoms with Crippen LogP contribution in [0.2, 0.25) is 0 Å². The minimum Gasteiger partial charge on any atom is -0.377 e. The average molecular weight is 337 g/mol. The van der Waals surface area contributed by atoms with Crippen molar-refractivity contribution in [2.45, 2.75) is 57.7 Å². The van der Waals surface area contributed by atoms with Crippen molar-refractivity contribution in [3.63, 3.8) is 0 Å². The molecule has 1 aromatic rings. The van der Waals surface area contributed by atoms with Gasteiger partial charge in [-0.3, -0.25) is 4.79 Å². The maximum Gasteiger partial charge on any atom is 0.222 e. The summed E-state index contributed by atoms with van der Waals surface area (Å²) in [5.41, 5.74) is 3.08. The molecule has 0 bridgehead atoms. The van der Waals surface area contributed by atoms with Crippen molar-refractivity contribution < 1.29 is 9.53 Å². The molecule has 1 atom stereocenters. The number of rotatable bonds is 6. The average Bonchev–Trinajstić information content (AvgIpc) is 2.54. The molecular formula is C17H27N3O2S. The Morgan fingerprint density at radius 1 is 1.35 bits per heavy atom. The van der Waals surface area contributed by atoms with Crippen LogP contribution in [0.25, 0.3) is 0 Å². The number of piperidine rings is 1. The summed E-state index contributed by atoms with van der Waals surface area (Å²) in [4.78, 5) is 23.4. The molecular weight excluding hydrogens is 310 g/mol. The highest BCUT2D eigenvalue weighted by atomic mass is 32.2. The van der Waals surface area contributed by atoms with Crippen molar-refractivity contribution in [3.8, 4) is 0 Å². The van der Waals surface area contributed by atoms with E-state index in [9.17, 15) is 4.79 Å². The highest BCUT2D eigenvalue weighted by molar-refractivity contribution is 7.98. The Morgan fingerprint density at radius 3 is 2.65 bits per heavy atom. The molecule has 2 heterocycles. The highest BCUT2D eigenvalue weighted by Gasteiger charge is 2.24. The Morgan fingerprint density at radius 2 is 2.04 bits per heavy atom. The van der Waals surface area contributed by atoms with Gasteiger partial charge in [0, 0.05) is 37.5 Å². The van der Waals surface area contributed by atoms with E-state index in [4.69, 9.17) is 4.74 Å². The van der Waals surface area contributed by atoms with Gasteiger partial charge in [0.05, 0.1) is 6.10 Å². The summed E-state index contributed by atoms with van der Waals surface area (Å²) in [5.74, 6) is 0.210. The molecule has 128 valence electrons. The highest BCUT2D eigenvalue weighted by Crippen LogP contribution is 2.19. The summed E-state index contributed by atoms with van der Waals surface area (Å²) >= 11 is 1.55. The van der Waals surface area contributed by atoms with Gasteiger partial charge >= 0.3 is 0 Å². The molecule has 1 aliphatic heterocycles. The fraction of sp³-hybridized carbons (Fsp3) is 0.706. The first kappa shape index (κ1) is 18.2. The van der Waals surface area contributed by atoms with Crippen LogP contribution < -0.4 is 0 Å². The molecule has 5 nitrogen and oxygen atoms in total. The maximum atomic E-state index is 12.5. The molecule has 0 spiro atoms. The van der Waals surface area contributed by atoms with Gasteiger partial charge in [-0.1, -0.05) is 11.8 Å². The number of carbonyl (C=O) groups is 1. The standard InChI is InChI=1S/C17H27N3O2S/c1-5-22-14-7-6-10-20(11-14)16(21)9-8-15-12(2)18-17(23-4)19-13(15)3/h14H,5-11H2,1-4H3. The number of thioether (sulfide) groups is 1. The number of likely N-dealkylation sites (tertiary alicyclic amines) is 1. The summed E-state index contributed by atoms with van der Waals surface area (Å²) < 4.78 is 5.67. The number of aryl methyl sites for hydroxylation is 2. The van der Waals surface area contributed by atoms with Crippen LogP contribution in [0.1, 0.15) is 43.1 Å². The van der Waals surface area contributed by atoms with Crippen molar-refractivity contribution in [2.24, 2.45) is 0 Å². The van der Waals surface area contributed by atoms with Crippen molar-refractivity contribution in [2.75, 3.05) is 26.0 Å². The number of ether oxygens (including phenoxy) is 1. The predicted octanol–water partition coefficient (Wildman–Crippen LogP) is 2.78. The molecule has 1 unspecified atom stereocenters. The molecule has 1 amide bonds. The van der Waals surface area contributed by atoms with Gasteiger partial charge in [-0.2, -0.15) is 0 Å². The molecule has 0 saturated carbocycles. The van der Waals surface area contributed by atoms with Crippen LogP contribution in [0, 0.1) is 13.8 Å². The van der Waals surface area contributed by atoms with Crippen LogP contribution in [0.4, 0.5) is 0 Å². The Hall–Kier alpha value is -1.14. The first-order valence-corrected chi connectivity index (χ1v) is 9.55. The number of aromatic nitrogens is 2. The van der Waals surface area contributed by atoms with Gasteiger partial charge in [0.15, 0.2) is 5.16 Å². The monoisotopic (exact) mass is 337 g/mol. The second-order valence-corrected chi connectivity index (χ2v) is 6.69. The van der Waals surface area contributed by atoms with Crippen LogP contribution >= 0.6 is 11.8 Å². The van der Waals surface area contributed by atoms with Gasteiger partial charge in [0.2, 0.25) is 5.91 Å². The molecule has 6 heteroatoms. The quantitative estimate of drug-likeness (QED) is 0.590. The number of hydrogen-bond donors (Lipinski definition) is 0. The van der Waals surface area contributed by atoms with E-state index in [1.807, 2.05) is 31.9 Å². The van der Waals surface area contributed by atoms with Gasteiger partial charge in [-0.15, -0.1) is 0 Å². The first-order valence-electron chi connectivity index (χ1n) is 8.32. The summed E-state index contributed by atoms with van der Waals surface area (Å²) in [5, 5.41) is 0.797. The van der Waals surface area contributed by atoms with E-state index >= 15 is 0 Å². The van der Waals surface area contributed by atoms with E-state index in [0.717, 1.165) is 48.0 Å². The largest absolute Gasteiger partial charge is 0.377 e. The molecule has 1 aromatic heterocycles. The molecule has 1 aliphatic rings. The Bertz CT molecular complexity index is 526. The molecule has 0 aliphatic carbocycles. The third kappa shape index (κ3) is 4.91. The summed E-state index contributed by atoms with van der Waals surface area (Å²) in [7, 11) is 0. The zero-order chi connectivity index (χ0) is 16.8. The lowest BCUT2D eigenvalue weighted by molar-refractivity contribution is -0.135. The first-order chi connectivity index (χ1) is 11.0. The number of carbonyl (C=O) groups excluding carboxylic acids is 1. The zero-order valence-electron chi connectivity index (χ0n) is 14.6. The molecule has 0 radical (unpaired) electrons. The third-order valence-electron chi connectivity index (χ3n) is 4.30. The summed E-state index contributed by atoms with van der Waals surface area (Å²) in [6, 6.07) is 0. The number of nitrogens with zero attached hydrogens (tertiary/aromatic N) is 3. The van der Waals surface area contributed by atoms with E-state index in [0.29, 0.717) is 19.4 Å². The van der Waals surface area contributed by atoms with Crippen LogP contribution in [0.3, 0.4) is 0 Å². The van der Waals surface area contributed by atoms with Gasteiger partial charge < -0.3 is 9.64 Å². The van der Waals surface area contributed by atoms with E-state index in [1.54, 1.807) is 11.8 Å². The lowest BCUT2D eigenvalue weighted by atomic mass is 10.0. The van der Waals surface area contributed by atoms with Gasteiger partial charge in [0.1, 0.15) is 0 Å². The zero-order valence-corrected chi connectivity index (χ0v) is 15.4. The molecule has 23 heavy (non-hydrogen) atoms. The maximum absolute atomic E-state index is 12.5. The van der Waals surface area contributed by atoms with Crippen LogP contribution in [0.5, 0.6) is 0 Å². The molecule has 2 rings (SSSR count). The molecule has 1 saturated heterocycles. The smallest absolute Gasteiger partial charge is 0.222 e. The van der Waals surface area contributed by atoms with Crippen molar-refractivity contribution in [3.05, 3.63) is 17.0 Å². The van der Waals surface area contributed by atoms with E-state index in [1.165, 1.54) is 0 Å². The van der Waals surface area contributed by atoms with Crippen LogP contribution in [0.15, 0.2) is 5.16 Å². The Balaban J connectivity index is 1.94. The molecule has 0 aromatic carbocycles. The minimum atomic E-state index is 0.199. The van der Waals surface area contributed by atoms with Crippen LogP contribution in [-0.4, -0.2) is 52.8 Å². The van der Waals surface area contributed by atoms with Crippen molar-refractivity contribution in [1.82, 2.24) is 14.9 Å². The molecule has 0 N–H and O–H groups in total. The summed E-state index contributed by atoms with van der Waals surface area (Å²) in [6.07, 6.45) is 5.48. The third-order valence-corrected chi connectivity index (χ3v) is 4.85.